The summed E-state index contributed by atoms with van der Waals surface area (Å²) >= 11 is 1.46. The fraction of sp³-hybridized carbons (Fsp3) is 0.333. The smallest absolute Gasteiger partial charge is 0.265 e. The van der Waals surface area contributed by atoms with Crippen molar-refractivity contribution < 1.29 is 9.53 Å². The van der Waals surface area contributed by atoms with Crippen molar-refractivity contribution >= 4 is 27.9 Å². The van der Waals surface area contributed by atoms with Crippen LogP contribution in [-0.4, -0.2) is 53.5 Å². The average molecular weight is 356 g/mol. The molecule has 0 unspecified atom stereocenters. The second-order valence-corrected chi connectivity index (χ2v) is 7.03. The van der Waals surface area contributed by atoms with Crippen molar-refractivity contribution in [1.82, 2.24) is 14.3 Å². The molecule has 1 aliphatic heterocycles. The van der Waals surface area contributed by atoms with E-state index in [1.807, 2.05) is 40.6 Å². The number of ether oxygens (including phenoxy) is 1. The molecule has 1 amide bonds. The fourth-order valence-corrected chi connectivity index (χ4v) is 4.33. The lowest BCUT2D eigenvalue weighted by Crippen LogP contribution is -2.48. The normalized spacial score (nSPS) is 15.0. The first-order chi connectivity index (χ1) is 12.2. The summed E-state index contributed by atoms with van der Waals surface area (Å²) in [5, 5.41) is 0. The monoisotopic (exact) mass is 356 g/mol. The first-order valence-electron chi connectivity index (χ1n) is 8.28. The molecule has 1 aliphatic rings. The van der Waals surface area contributed by atoms with Crippen LogP contribution in [0.5, 0.6) is 5.75 Å². The van der Waals surface area contributed by atoms with Crippen LogP contribution in [0.15, 0.2) is 36.7 Å². The van der Waals surface area contributed by atoms with Gasteiger partial charge in [-0.1, -0.05) is 23.5 Å². The highest BCUT2D eigenvalue weighted by molar-refractivity contribution is 7.19. The van der Waals surface area contributed by atoms with Crippen LogP contribution in [0.2, 0.25) is 0 Å². The molecule has 3 aromatic rings. The number of carbonyl (C=O) groups is 1. The number of amides is 1. The van der Waals surface area contributed by atoms with Crippen molar-refractivity contribution in [2.24, 2.45) is 0 Å². The number of carbonyl (C=O) groups excluding carboxylic acids is 1. The van der Waals surface area contributed by atoms with Crippen LogP contribution < -0.4 is 9.64 Å². The van der Waals surface area contributed by atoms with Crippen LogP contribution in [0.3, 0.4) is 0 Å². The van der Waals surface area contributed by atoms with E-state index in [0.717, 1.165) is 40.1 Å². The number of imidazole rings is 1. The molecule has 2 aromatic heterocycles. The number of benzene rings is 1. The summed E-state index contributed by atoms with van der Waals surface area (Å²) < 4.78 is 7.43. The van der Waals surface area contributed by atoms with Gasteiger partial charge in [0.15, 0.2) is 4.96 Å². The molecular weight excluding hydrogens is 336 g/mol. The van der Waals surface area contributed by atoms with Crippen LogP contribution in [0, 0.1) is 6.92 Å². The number of rotatable bonds is 3. The molecule has 130 valence electrons. The molecule has 25 heavy (non-hydrogen) atoms. The molecule has 0 saturated carbocycles. The Labute approximate surface area is 150 Å². The number of aryl methyl sites for hydroxylation is 1. The van der Waals surface area contributed by atoms with Gasteiger partial charge in [0.05, 0.1) is 12.8 Å². The lowest BCUT2D eigenvalue weighted by molar-refractivity contribution is 0.0750. The Hall–Kier alpha value is -2.54. The van der Waals surface area contributed by atoms with Crippen molar-refractivity contribution in [3.05, 3.63) is 47.2 Å². The summed E-state index contributed by atoms with van der Waals surface area (Å²) in [7, 11) is 1.69. The quantitative estimate of drug-likeness (QED) is 0.724. The lowest BCUT2D eigenvalue weighted by Gasteiger charge is -2.36. The Bertz CT molecular complexity index is 909. The number of methoxy groups -OCH3 is 1. The minimum atomic E-state index is 0.104. The van der Waals surface area contributed by atoms with Gasteiger partial charge in [0, 0.05) is 44.3 Å². The lowest BCUT2D eigenvalue weighted by atomic mass is 10.2. The van der Waals surface area contributed by atoms with Crippen LogP contribution in [0.1, 0.15) is 15.4 Å². The van der Waals surface area contributed by atoms with Crippen molar-refractivity contribution in [2.75, 3.05) is 38.2 Å². The number of aromatic nitrogens is 2. The number of hydrogen-bond acceptors (Lipinski definition) is 5. The van der Waals surface area contributed by atoms with E-state index < -0.39 is 0 Å². The van der Waals surface area contributed by atoms with Crippen LogP contribution in [0.25, 0.3) is 4.96 Å². The van der Waals surface area contributed by atoms with Crippen LogP contribution >= 0.6 is 11.3 Å². The van der Waals surface area contributed by atoms with E-state index in [0.29, 0.717) is 13.1 Å². The molecule has 0 atom stereocenters. The van der Waals surface area contributed by atoms with Gasteiger partial charge >= 0.3 is 0 Å². The molecule has 3 heterocycles. The maximum absolute atomic E-state index is 12.9. The highest BCUT2D eigenvalue weighted by atomic mass is 32.1. The van der Waals surface area contributed by atoms with Crippen LogP contribution in [-0.2, 0) is 0 Å². The predicted molar refractivity (Wildman–Crippen MR) is 98.9 cm³/mol. The molecule has 1 saturated heterocycles. The summed E-state index contributed by atoms with van der Waals surface area (Å²) in [4.78, 5) is 23.1. The number of hydrogen-bond donors (Lipinski definition) is 0. The molecule has 1 fully saturated rings. The number of fused-ring (bicyclic) bond motifs is 1. The van der Waals surface area contributed by atoms with Crippen LogP contribution in [0.4, 0.5) is 5.69 Å². The number of para-hydroxylation sites is 2. The molecule has 6 nitrogen and oxygen atoms in total. The topological polar surface area (TPSA) is 50.1 Å². The highest BCUT2D eigenvalue weighted by Gasteiger charge is 2.26. The molecule has 0 bridgehead atoms. The van der Waals surface area contributed by atoms with E-state index >= 15 is 0 Å². The SMILES string of the molecule is COc1ccccc1N1CCN(C(=O)c2sc3nccn3c2C)CC1. The number of nitrogens with zero attached hydrogens (tertiary/aromatic N) is 4. The van der Waals surface area contributed by atoms with E-state index in [1.165, 1.54) is 11.3 Å². The molecule has 0 spiro atoms. The zero-order valence-corrected chi connectivity index (χ0v) is 15.1. The third kappa shape index (κ3) is 2.74. The van der Waals surface area contributed by atoms with Gasteiger partial charge < -0.3 is 14.5 Å². The minimum absolute atomic E-state index is 0.104. The third-order valence-corrected chi connectivity index (χ3v) is 5.84. The van der Waals surface area contributed by atoms with Crippen molar-refractivity contribution in [3.63, 3.8) is 0 Å². The Morgan fingerprint density at radius 1 is 1.20 bits per heavy atom. The van der Waals surface area contributed by atoms with Gasteiger partial charge in [0.25, 0.3) is 5.91 Å². The Morgan fingerprint density at radius 3 is 2.68 bits per heavy atom. The molecular formula is C18H20N4O2S. The molecule has 0 aliphatic carbocycles. The minimum Gasteiger partial charge on any atom is -0.495 e. The van der Waals surface area contributed by atoms with E-state index in [9.17, 15) is 4.79 Å². The molecule has 1 aromatic carbocycles. The van der Waals surface area contributed by atoms with Crippen molar-refractivity contribution in [2.45, 2.75) is 6.92 Å². The predicted octanol–water partition coefficient (Wildman–Crippen LogP) is 2.68. The number of anilines is 1. The summed E-state index contributed by atoms with van der Waals surface area (Å²) in [6, 6.07) is 8.02. The molecule has 0 N–H and O–H groups in total. The zero-order chi connectivity index (χ0) is 17.4. The second kappa shape index (κ2) is 6.40. The number of piperazine rings is 1. The average Bonchev–Trinajstić information content (AvgIpc) is 3.24. The Kier molecular flexibility index (Phi) is 4.09. The van der Waals surface area contributed by atoms with Gasteiger partial charge in [-0.05, 0) is 19.1 Å². The van der Waals surface area contributed by atoms with Gasteiger partial charge in [-0.2, -0.15) is 0 Å². The molecule has 0 radical (unpaired) electrons. The van der Waals surface area contributed by atoms with Gasteiger partial charge in [0.1, 0.15) is 10.6 Å². The first kappa shape index (κ1) is 16.0. The summed E-state index contributed by atoms with van der Waals surface area (Å²) in [6.07, 6.45) is 3.66. The van der Waals surface area contributed by atoms with Gasteiger partial charge in [-0.15, -0.1) is 0 Å². The molecule has 4 rings (SSSR count). The summed E-state index contributed by atoms with van der Waals surface area (Å²) in [5.41, 5.74) is 2.05. The van der Waals surface area contributed by atoms with Gasteiger partial charge in [-0.25, -0.2) is 4.98 Å². The number of thiazole rings is 1. The zero-order valence-electron chi connectivity index (χ0n) is 14.3. The summed E-state index contributed by atoms with van der Waals surface area (Å²) in [5.74, 6) is 0.977. The van der Waals surface area contributed by atoms with E-state index in [4.69, 9.17) is 4.74 Å². The summed E-state index contributed by atoms with van der Waals surface area (Å²) in [6.45, 7) is 4.98. The van der Waals surface area contributed by atoms with E-state index in [1.54, 1.807) is 13.3 Å². The van der Waals surface area contributed by atoms with Gasteiger partial charge in [-0.3, -0.25) is 9.20 Å². The largest absolute Gasteiger partial charge is 0.495 e. The van der Waals surface area contributed by atoms with Crippen molar-refractivity contribution in [3.8, 4) is 5.75 Å². The standard InChI is InChI=1S/C18H20N4O2S/c1-13-16(25-18-19-7-8-22(13)18)17(23)21-11-9-20(10-12-21)14-5-3-4-6-15(14)24-2/h3-8H,9-12H2,1-2H3. The van der Waals surface area contributed by atoms with E-state index in [-0.39, 0.29) is 5.91 Å². The maximum Gasteiger partial charge on any atom is 0.265 e. The van der Waals surface area contributed by atoms with Gasteiger partial charge in [0.2, 0.25) is 0 Å². The van der Waals surface area contributed by atoms with Crippen molar-refractivity contribution in [1.29, 1.82) is 0 Å². The molecule has 7 heteroatoms. The second-order valence-electron chi connectivity index (χ2n) is 6.05. The fourth-order valence-electron chi connectivity index (χ4n) is 3.28. The Balaban J connectivity index is 1.49. The Morgan fingerprint density at radius 2 is 1.96 bits per heavy atom. The third-order valence-electron chi connectivity index (χ3n) is 4.68. The first-order valence-corrected chi connectivity index (χ1v) is 9.10. The van der Waals surface area contributed by atoms with E-state index in [2.05, 4.69) is 16.0 Å². The highest BCUT2D eigenvalue weighted by Crippen LogP contribution is 2.29. The maximum atomic E-state index is 12.9.